The Hall–Kier alpha value is -1.13. The lowest BCUT2D eigenvalue weighted by molar-refractivity contribution is 0.332. The molecule has 18 heavy (non-hydrogen) atoms. The van der Waals surface area contributed by atoms with Crippen LogP contribution >= 0.6 is 11.6 Å². The predicted molar refractivity (Wildman–Crippen MR) is 68.2 cm³/mol. The van der Waals surface area contributed by atoms with Crippen LogP contribution in [0.25, 0.3) is 11.1 Å². The van der Waals surface area contributed by atoms with Crippen LogP contribution in [0.2, 0.25) is 5.02 Å². The van der Waals surface area contributed by atoms with Gasteiger partial charge in [-0.05, 0) is 18.9 Å². The van der Waals surface area contributed by atoms with E-state index in [-0.39, 0.29) is 17.0 Å². The number of nitrogens with two attached hydrogens (primary N) is 1. The van der Waals surface area contributed by atoms with Gasteiger partial charge in [0.1, 0.15) is 11.3 Å². The molecule has 0 amide bonds. The second-order valence-electron chi connectivity index (χ2n) is 4.84. The van der Waals surface area contributed by atoms with E-state index in [4.69, 9.17) is 21.8 Å². The molecule has 96 valence electrons. The van der Waals surface area contributed by atoms with E-state index in [0.717, 1.165) is 25.7 Å². The van der Waals surface area contributed by atoms with Crippen LogP contribution in [-0.4, -0.2) is 11.0 Å². The third-order valence-electron chi connectivity index (χ3n) is 3.56. The Balaban J connectivity index is 2.05. The summed E-state index contributed by atoms with van der Waals surface area (Å²) in [4.78, 5) is 4.34. The van der Waals surface area contributed by atoms with Gasteiger partial charge in [-0.25, -0.2) is 9.37 Å². The second-order valence-corrected chi connectivity index (χ2v) is 5.25. The van der Waals surface area contributed by atoms with Crippen molar-refractivity contribution in [3.8, 4) is 0 Å². The van der Waals surface area contributed by atoms with E-state index >= 15 is 0 Å². The van der Waals surface area contributed by atoms with Crippen LogP contribution in [-0.2, 0) is 0 Å². The fourth-order valence-electron chi connectivity index (χ4n) is 2.60. The highest BCUT2D eigenvalue weighted by atomic mass is 35.5. The van der Waals surface area contributed by atoms with E-state index in [1.165, 1.54) is 12.1 Å². The average Bonchev–Trinajstić information content (AvgIpc) is 2.73. The monoisotopic (exact) mass is 268 g/mol. The fraction of sp³-hybridized carbons (Fsp3) is 0.462. The maximum Gasteiger partial charge on any atom is 0.200 e. The summed E-state index contributed by atoms with van der Waals surface area (Å²) in [6.07, 6.45) is 4.21. The van der Waals surface area contributed by atoms with Gasteiger partial charge in [0.05, 0.1) is 10.9 Å². The lowest BCUT2D eigenvalue weighted by Crippen LogP contribution is -2.31. The Kier molecular flexibility index (Phi) is 2.99. The fourth-order valence-corrected chi connectivity index (χ4v) is 2.84. The predicted octanol–water partition coefficient (Wildman–Crippen LogP) is 3.61. The van der Waals surface area contributed by atoms with E-state index < -0.39 is 5.82 Å². The van der Waals surface area contributed by atoms with Gasteiger partial charge in [-0.3, -0.25) is 0 Å². The molecule has 3 nitrogen and oxygen atoms in total. The molecule has 1 aliphatic carbocycles. The molecular formula is C13H14ClFN2O. The van der Waals surface area contributed by atoms with E-state index in [2.05, 4.69) is 4.98 Å². The Bertz CT molecular complexity index is 584. The quantitative estimate of drug-likeness (QED) is 0.860. The number of fused-ring (bicyclic) bond motifs is 1. The van der Waals surface area contributed by atoms with Gasteiger partial charge in [-0.1, -0.05) is 24.4 Å². The number of halogens is 2. The van der Waals surface area contributed by atoms with E-state index in [9.17, 15) is 4.39 Å². The summed E-state index contributed by atoms with van der Waals surface area (Å²) in [5.74, 6) is 0.301. The summed E-state index contributed by atoms with van der Waals surface area (Å²) in [7, 11) is 0. The minimum atomic E-state index is -0.403. The molecule has 1 aromatic carbocycles. The van der Waals surface area contributed by atoms with Crippen molar-refractivity contribution >= 4 is 22.7 Å². The highest BCUT2D eigenvalue weighted by Gasteiger charge is 2.28. The normalized spacial score (nSPS) is 24.6. The molecule has 0 radical (unpaired) electrons. The van der Waals surface area contributed by atoms with E-state index in [1.54, 1.807) is 0 Å². The molecule has 1 saturated carbocycles. The molecule has 2 atom stereocenters. The number of oxazole rings is 1. The molecule has 1 aromatic heterocycles. The minimum Gasteiger partial charge on any atom is -0.439 e. The van der Waals surface area contributed by atoms with Crippen LogP contribution in [0, 0.1) is 5.82 Å². The van der Waals surface area contributed by atoms with Gasteiger partial charge in [-0.2, -0.15) is 0 Å². The third-order valence-corrected chi connectivity index (χ3v) is 3.84. The lowest BCUT2D eigenvalue weighted by Gasteiger charge is -2.25. The molecular weight excluding hydrogens is 255 g/mol. The molecule has 2 N–H and O–H groups in total. The first kappa shape index (κ1) is 11.9. The molecule has 2 aromatic rings. The van der Waals surface area contributed by atoms with Crippen LogP contribution in [0.5, 0.6) is 0 Å². The van der Waals surface area contributed by atoms with Crippen LogP contribution in [0.3, 0.4) is 0 Å². The first-order valence-corrected chi connectivity index (χ1v) is 6.54. The van der Waals surface area contributed by atoms with Crippen LogP contribution in [0.1, 0.15) is 37.5 Å². The van der Waals surface area contributed by atoms with Crippen molar-refractivity contribution in [1.29, 1.82) is 0 Å². The Morgan fingerprint density at radius 3 is 2.89 bits per heavy atom. The maximum absolute atomic E-state index is 13.2. The first-order chi connectivity index (χ1) is 8.65. The van der Waals surface area contributed by atoms with Gasteiger partial charge in [0.2, 0.25) is 0 Å². The second kappa shape index (κ2) is 4.52. The van der Waals surface area contributed by atoms with Gasteiger partial charge >= 0.3 is 0 Å². The SMILES string of the molecule is NC1CCCCC1c1nc2cc(F)cc(Cl)c2o1. The number of nitrogens with zero attached hydrogens (tertiary/aromatic N) is 1. The van der Waals surface area contributed by atoms with E-state index in [1.807, 2.05) is 0 Å². The van der Waals surface area contributed by atoms with Crippen molar-refractivity contribution in [2.75, 3.05) is 0 Å². The Morgan fingerprint density at radius 2 is 2.11 bits per heavy atom. The molecule has 1 heterocycles. The van der Waals surface area contributed by atoms with Gasteiger partial charge in [0.25, 0.3) is 0 Å². The zero-order valence-electron chi connectivity index (χ0n) is 9.83. The average molecular weight is 269 g/mol. The number of hydrogen-bond acceptors (Lipinski definition) is 3. The standard InChI is InChI=1S/C13H14ClFN2O/c14-9-5-7(15)6-11-12(9)18-13(17-11)8-3-1-2-4-10(8)16/h5-6,8,10H,1-4,16H2. The smallest absolute Gasteiger partial charge is 0.200 e. The van der Waals surface area contributed by atoms with Crippen molar-refractivity contribution in [3.63, 3.8) is 0 Å². The van der Waals surface area contributed by atoms with Gasteiger partial charge in [-0.15, -0.1) is 0 Å². The van der Waals surface area contributed by atoms with E-state index in [0.29, 0.717) is 17.0 Å². The highest BCUT2D eigenvalue weighted by molar-refractivity contribution is 6.34. The molecule has 0 saturated heterocycles. The molecule has 2 unspecified atom stereocenters. The number of hydrogen-bond donors (Lipinski definition) is 1. The summed E-state index contributed by atoms with van der Waals surface area (Å²) in [5.41, 5.74) is 7.01. The van der Waals surface area contributed by atoms with Crippen LogP contribution in [0.15, 0.2) is 16.5 Å². The maximum atomic E-state index is 13.2. The molecule has 1 aliphatic rings. The Labute approximate surface area is 109 Å². The molecule has 3 rings (SSSR count). The molecule has 1 fully saturated rings. The van der Waals surface area contributed by atoms with Gasteiger partial charge in [0, 0.05) is 12.1 Å². The van der Waals surface area contributed by atoms with Crippen LogP contribution < -0.4 is 5.73 Å². The highest BCUT2D eigenvalue weighted by Crippen LogP contribution is 2.35. The minimum absolute atomic E-state index is 0.0652. The topological polar surface area (TPSA) is 52.0 Å². The van der Waals surface area contributed by atoms with Gasteiger partial charge < -0.3 is 10.2 Å². The zero-order chi connectivity index (χ0) is 12.7. The van der Waals surface area contributed by atoms with Crippen molar-refractivity contribution in [3.05, 3.63) is 28.9 Å². The lowest BCUT2D eigenvalue weighted by atomic mass is 9.85. The van der Waals surface area contributed by atoms with Crippen molar-refractivity contribution in [1.82, 2.24) is 4.98 Å². The summed E-state index contributed by atoms with van der Waals surface area (Å²) in [5, 5.41) is 0.258. The summed E-state index contributed by atoms with van der Waals surface area (Å²) >= 11 is 5.95. The van der Waals surface area contributed by atoms with Crippen molar-refractivity contribution in [2.45, 2.75) is 37.6 Å². The summed E-state index contributed by atoms with van der Waals surface area (Å²) < 4.78 is 18.9. The molecule has 0 bridgehead atoms. The summed E-state index contributed by atoms with van der Waals surface area (Å²) in [6, 6.07) is 2.64. The third kappa shape index (κ3) is 1.99. The summed E-state index contributed by atoms with van der Waals surface area (Å²) in [6.45, 7) is 0. The molecule has 0 spiro atoms. The first-order valence-electron chi connectivity index (χ1n) is 6.16. The largest absolute Gasteiger partial charge is 0.439 e. The van der Waals surface area contributed by atoms with Crippen molar-refractivity contribution < 1.29 is 8.81 Å². The molecule has 0 aliphatic heterocycles. The van der Waals surface area contributed by atoms with Crippen LogP contribution in [0.4, 0.5) is 4.39 Å². The number of aromatic nitrogens is 1. The zero-order valence-corrected chi connectivity index (χ0v) is 10.6. The number of rotatable bonds is 1. The molecule has 5 heteroatoms. The number of benzene rings is 1. The Morgan fingerprint density at radius 1 is 1.33 bits per heavy atom. The van der Waals surface area contributed by atoms with Gasteiger partial charge in [0.15, 0.2) is 11.5 Å². The van der Waals surface area contributed by atoms with Crippen molar-refractivity contribution in [2.24, 2.45) is 5.73 Å².